The first kappa shape index (κ1) is 13.5. The van der Waals surface area contributed by atoms with Gasteiger partial charge in [0.15, 0.2) is 11.6 Å². The Labute approximate surface area is 108 Å². The maximum Gasteiger partial charge on any atom is 0.387 e. The van der Waals surface area contributed by atoms with Gasteiger partial charge in [0.2, 0.25) is 0 Å². The zero-order valence-electron chi connectivity index (χ0n) is 10.0. The Morgan fingerprint density at radius 1 is 1.32 bits per heavy atom. The van der Waals surface area contributed by atoms with Gasteiger partial charge in [-0.05, 0) is 25.0 Å². The number of likely N-dealkylation sites (tertiary alicyclic amines) is 1. The monoisotopic (exact) mass is 274 g/mol. The van der Waals surface area contributed by atoms with E-state index in [-0.39, 0.29) is 11.7 Å². The van der Waals surface area contributed by atoms with Gasteiger partial charge in [-0.1, -0.05) is 0 Å². The van der Waals surface area contributed by atoms with Gasteiger partial charge in [-0.2, -0.15) is 8.78 Å². The molecule has 1 aromatic rings. The maximum atomic E-state index is 13.4. The standard InChI is InChI=1S/C12H13F3N2O2/c13-9-7-8(3-4-10(9)19-11(14)15)16-12(18)17-5-1-2-6-17/h3-4,7,11H,1-2,5-6H2,(H,16,18). The second kappa shape index (κ2) is 5.81. The van der Waals surface area contributed by atoms with Gasteiger partial charge in [-0.3, -0.25) is 0 Å². The Morgan fingerprint density at radius 3 is 2.58 bits per heavy atom. The molecule has 0 atom stereocenters. The number of ether oxygens (including phenoxy) is 1. The fourth-order valence-electron chi connectivity index (χ4n) is 1.89. The number of amides is 2. The first-order valence-corrected chi connectivity index (χ1v) is 5.86. The first-order chi connectivity index (χ1) is 9.06. The fourth-order valence-corrected chi connectivity index (χ4v) is 1.89. The molecule has 7 heteroatoms. The number of nitrogens with one attached hydrogen (secondary N) is 1. The van der Waals surface area contributed by atoms with E-state index >= 15 is 0 Å². The molecule has 1 heterocycles. The van der Waals surface area contributed by atoms with Crippen molar-refractivity contribution in [3.63, 3.8) is 0 Å². The quantitative estimate of drug-likeness (QED) is 0.920. The van der Waals surface area contributed by atoms with E-state index in [1.165, 1.54) is 6.07 Å². The van der Waals surface area contributed by atoms with Crippen molar-refractivity contribution in [2.45, 2.75) is 19.5 Å². The molecule has 19 heavy (non-hydrogen) atoms. The summed E-state index contributed by atoms with van der Waals surface area (Å²) in [4.78, 5) is 13.3. The van der Waals surface area contributed by atoms with Crippen LogP contribution in [0.2, 0.25) is 0 Å². The topological polar surface area (TPSA) is 41.6 Å². The second-order valence-electron chi connectivity index (χ2n) is 4.15. The van der Waals surface area contributed by atoms with Crippen LogP contribution in [0.4, 0.5) is 23.7 Å². The Kier molecular flexibility index (Phi) is 4.13. The van der Waals surface area contributed by atoms with Gasteiger partial charge in [-0.15, -0.1) is 0 Å². The molecule has 0 aliphatic carbocycles. The van der Waals surface area contributed by atoms with Crippen LogP contribution in [-0.2, 0) is 0 Å². The highest BCUT2D eigenvalue weighted by atomic mass is 19.3. The Morgan fingerprint density at radius 2 is 2.00 bits per heavy atom. The molecule has 1 fully saturated rings. The van der Waals surface area contributed by atoms with Gasteiger partial charge in [0.05, 0.1) is 0 Å². The van der Waals surface area contributed by atoms with Crippen molar-refractivity contribution >= 4 is 11.7 Å². The Balaban J connectivity index is 2.01. The zero-order chi connectivity index (χ0) is 13.8. The predicted octanol–water partition coefficient (Wildman–Crippen LogP) is 3.05. The minimum atomic E-state index is -3.08. The van der Waals surface area contributed by atoms with Crippen molar-refractivity contribution in [2.75, 3.05) is 18.4 Å². The van der Waals surface area contributed by atoms with Crippen LogP contribution in [0.1, 0.15) is 12.8 Å². The van der Waals surface area contributed by atoms with E-state index in [1.807, 2.05) is 0 Å². The number of nitrogens with zero attached hydrogens (tertiary/aromatic N) is 1. The molecule has 1 aliphatic heterocycles. The normalized spacial score (nSPS) is 14.8. The van der Waals surface area contributed by atoms with Crippen LogP contribution in [0.25, 0.3) is 0 Å². The smallest absolute Gasteiger partial charge is 0.387 e. The molecule has 0 radical (unpaired) electrons. The third-order valence-corrected chi connectivity index (χ3v) is 2.79. The van der Waals surface area contributed by atoms with E-state index in [9.17, 15) is 18.0 Å². The summed E-state index contributed by atoms with van der Waals surface area (Å²) in [6, 6.07) is 3.00. The van der Waals surface area contributed by atoms with E-state index in [0.29, 0.717) is 13.1 Å². The number of benzene rings is 1. The summed E-state index contributed by atoms with van der Waals surface area (Å²) in [7, 11) is 0. The lowest BCUT2D eigenvalue weighted by atomic mass is 10.3. The van der Waals surface area contributed by atoms with Crippen molar-refractivity contribution in [3.8, 4) is 5.75 Å². The van der Waals surface area contributed by atoms with Crippen LogP contribution in [0, 0.1) is 5.82 Å². The number of halogens is 3. The molecule has 0 saturated carbocycles. The predicted molar refractivity (Wildman–Crippen MR) is 62.9 cm³/mol. The molecule has 4 nitrogen and oxygen atoms in total. The number of rotatable bonds is 3. The van der Waals surface area contributed by atoms with E-state index < -0.39 is 18.2 Å². The zero-order valence-corrected chi connectivity index (χ0v) is 10.0. The SMILES string of the molecule is O=C(Nc1ccc(OC(F)F)c(F)c1)N1CCCC1. The highest BCUT2D eigenvalue weighted by Gasteiger charge is 2.18. The molecular weight excluding hydrogens is 261 g/mol. The summed E-state index contributed by atoms with van der Waals surface area (Å²) in [5.74, 6) is -1.49. The van der Waals surface area contributed by atoms with Gasteiger partial charge in [0, 0.05) is 24.8 Å². The summed E-state index contributed by atoms with van der Waals surface area (Å²) in [6.07, 6.45) is 1.89. The number of carbonyl (C=O) groups excluding carboxylic acids is 1. The van der Waals surface area contributed by atoms with E-state index in [1.54, 1.807) is 4.90 Å². The van der Waals surface area contributed by atoms with Crippen LogP contribution in [0.15, 0.2) is 18.2 Å². The van der Waals surface area contributed by atoms with Crippen LogP contribution in [0.3, 0.4) is 0 Å². The number of hydrogen-bond acceptors (Lipinski definition) is 2. The first-order valence-electron chi connectivity index (χ1n) is 5.86. The van der Waals surface area contributed by atoms with Gasteiger partial charge in [-0.25, -0.2) is 9.18 Å². The number of alkyl halides is 2. The highest BCUT2D eigenvalue weighted by molar-refractivity contribution is 5.89. The van der Waals surface area contributed by atoms with Gasteiger partial charge < -0.3 is 15.0 Å². The van der Waals surface area contributed by atoms with Gasteiger partial charge >= 0.3 is 12.6 Å². The second-order valence-corrected chi connectivity index (χ2v) is 4.15. The van der Waals surface area contributed by atoms with Crippen molar-refractivity contribution in [2.24, 2.45) is 0 Å². The molecule has 0 bridgehead atoms. The average Bonchev–Trinajstić information content (AvgIpc) is 2.86. The lowest BCUT2D eigenvalue weighted by Gasteiger charge is -2.16. The van der Waals surface area contributed by atoms with Crippen LogP contribution in [0.5, 0.6) is 5.75 Å². The molecule has 2 rings (SSSR count). The lowest BCUT2D eigenvalue weighted by molar-refractivity contribution is -0.0521. The molecule has 1 aromatic carbocycles. The number of carbonyl (C=O) groups is 1. The van der Waals surface area contributed by atoms with Crippen LogP contribution >= 0.6 is 0 Å². The number of urea groups is 1. The van der Waals surface area contributed by atoms with Crippen molar-refractivity contribution in [1.29, 1.82) is 0 Å². The molecule has 0 aromatic heterocycles. The fraction of sp³-hybridized carbons (Fsp3) is 0.417. The van der Waals surface area contributed by atoms with E-state index in [0.717, 1.165) is 25.0 Å². The van der Waals surface area contributed by atoms with Crippen molar-refractivity contribution in [3.05, 3.63) is 24.0 Å². The summed E-state index contributed by atoms with van der Waals surface area (Å²) in [5.41, 5.74) is 0.205. The van der Waals surface area contributed by atoms with Crippen LogP contribution in [-0.4, -0.2) is 30.6 Å². The molecule has 1 aliphatic rings. The molecular formula is C12H13F3N2O2. The largest absolute Gasteiger partial charge is 0.432 e. The van der Waals surface area contributed by atoms with Gasteiger partial charge in [0.25, 0.3) is 0 Å². The molecule has 0 spiro atoms. The molecule has 1 N–H and O–H groups in total. The lowest BCUT2D eigenvalue weighted by Crippen LogP contribution is -2.32. The van der Waals surface area contributed by atoms with E-state index in [2.05, 4.69) is 10.1 Å². The third kappa shape index (κ3) is 3.52. The minimum Gasteiger partial charge on any atom is -0.432 e. The average molecular weight is 274 g/mol. The summed E-state index contributed by atoms with van der Waals surface area (Å²) < 4.78 is 41.3. The van der Waals surface area contributed by atoms with Crippen molar-refractivity contribution < 1.29 is 22.7 Å². The molecule has 104 valence electrons. The molecule has 0 unspecified atom stereocenters. The van der Waals surface area contributed by atoms with E-state index in [4.69, 9.17) is 0 Å². The highest BCUT2D eigenvalue weighted by Crippen LogP contribution is 2.23. The maximum absolute atomic E-state index is 13.4. The van der Waals surface area contributed by atoms with Crippen LogP contribution < -0.4 is 10.1 Å². The molecule has 2 amide bonds. The summed E-state index contributed by atoms with van der Waals surface area (Å²) >= 11 is 0. The third-order valence-electron chi connectivity index (χ3n) is 2.79. The Hall–Kier alpha value is -1.92. The summed E-state index contributed by atoms with van der Waals surface area (Å²) in [6.45, 7) is -1.75. The minimum absolute atomic E-state index is 0.205. The van der Waals surface area contributed by atoms with Gasteiger partial charge in [0.1, 0.15) is 0 Å². The number of anilines is 1. The Bertz CT molecular complexity index is 462. The summed E-state index contributed by atoms with van der Waals surface area (Å²) in [5, 5.41) is 2.51. The van der Waals surface area contributed by atoms with Crippen molar-refractivity contribution in [1.82, 2.24) is 4.90 Å². The molecule has 1 saturated heterocycles. The number of hydrogen-bond donors (Lipinski definition) is 1.